The second-order valence-electron chi connectivity index (χ2n) is 9.09. The van der Waals surface area contributed by atoms with Gasteiger partial charge in [0.05, 0.1) is 0 Å². The molecule has 134 valence electrons. The molecular weight excluding hydrogens is 315 g/mol. The van der Waals surface area contributed by atoms with Gasteiger partial charge in [-0.15, -0.1) is 0 Å². The molecule has 0 aromatic carbocycles. The number of allylic oxidation sites excluding steroid dienone is 5. The molecule has 0 N–H and O–H groups in total. The predicted octanol–water partition coefficient (Wildman–Crippen LogP) is 4.61. The summed E-state index contributed by atoms with van der Waals surface area (Å²) in [6, 6.07) is 0. The SMILES string of the molecule is C=C1[C@H](C)C2=CC(=O)C=C(C)[C@]2(C)[C@H]2CC[C@]3(C)C(=O)[C@H](F)C[C@H]3[C@H]12. The molecule has 0 spiro atoms. The predicted molar refractivity (Wildman–Crippen MR) is 95.6 cm³/mol. The maximum absolute atomic E-state index is 14.4. The molecule has 4 aliphatic rings. The number of rotatable bonds is 0. The van der Waals surface area contributed by atoms with Gasteiger partial charge in [0.2, 0.25) is 0 Å². The van der Waals surface area contributed by atoms with Gasteiger partial charge in [0, 0.05) is 10.8 Å². The fraction of sp³-hybridized carbons (Fsp3) is 0.636. The molecule has 4 aliphatic carbocycles. The Morgan fingerprint density at radius 1 is 1.20 bits per heavy atom. The average Bonchev–Trinajstić information content (AvgIpc) is 2.78. The van der Waals surface area contributed by atoms with Gasteiger partial charge in [-0.25, -0.2) is 4.39 Å². The van der Waals surface area contributed by atoms with E-state index in [0.717, 1.165) is 29.6 Å². The molecule has 0 heterocycles. The van der Waals surface area contributed by atoms with Gasteiger partial charge in [0.25, 0.3) is 0 Å². The number of carbonyl (C=O) groups is 2. The molecule has 0 bridgehead atoms. The van der Waals surface area contributed by atoms with Crippen LogP contribution in [0.25, 0.3) is 0 Å². The van der Waals surface area contributed by atoms with Gasteiger partial charge in [-0.2, -0.15) is 0 Å². The van der Waals surface area contributed by atoms with E-state index in [1.807, 2.05) is 13.8 Å². The van der Waals surface area contributed by atoms with E-state index < -0.39 is 11.6 Å². The van der Waals surface area contributed by atoms with E-state index in [-0.39, 0.29) is 34.7 Å². The zero-order valence-corrected chi connectivity index (χ0v) is 15.6. The third kappa shape index (κ3) is 1.90. The van der Waals surface area contributed by atoms with Crippen LogP contribution in [0.3, 0.4) is 0 Å². The Morgan fingerprint density at radius 3 is 2.56 bits per heavy atom. The van der Waals surface area contributed by atoms with Crippen molar-refractivity contribution < 1.29 is 14.0 Å². The Labute approximate surface area is 149 Å². The molecule has 2 nitrogen and oxygen atoms in total. The lowest BCUT2D eigenvalue weighted by Gasteiger charge is -2.59. The molecule has 0 radical (unpaired) electrons. The Morgan fingerprint density at radius 2 is 1.88 bits per heavy atom. The van der Waals surface area contributed by atoms with Crippen LogP contribution in [0, 0.1) is 34.5 Å². The van der Waals surface area contributed by atoms with Crippen molar-refractivity contribution >= 4 is 11.6 Å². The highest BCUT2D eigenvalue weighted by molar-refractivity contribution is 6.02. The monoisotopic (exact) mass is 342 g/mol. The summed E-state index contributed by atoms with van der Waals surface area (Å²) in [5, 5.41) is 0. The van der Waals surface area contributed by atoms with Gasteiger partial charge in [-0.3, -0.25) is 9.59 Å². The van der Waals surface area contributed by atoms with Gasteiger partial charge < -0.3 is 0 Å². The molecule has 4 rings (SSSR count). The Bertz CT molecular complexity index is 760. The Hall–Kier alpha value is -1.51. The molecule has 0 unspecified atom stereocenters. The van der Waals surface area contributed by atoms with Crippen molar-refractivity contribution in [1.82, 2.24) is 0 Å². The first-order chi connectivity index (χ1) is 11.6. The maximum atomic E-state index is 14.4. The number of hydrogen-bond acceptors (Lipinski definition) is 2. The minimum Gasteiger partial charge on any atom is -0.296 e. The fourth-order valence-corrected chi connectivity index (χ4v) is 6.57. The minimum absolute atomic E-state index is 0.0347. The van der Waals surface area contributed by atoms with Crippen LogP contribution >= 0.6 is 0 Å². The molecule has 3 heteroatoms. The summed E-state index contributed by atoms with van der Waals surface area (Å²) in [6.45, 7) is 12.8. The van der Waals surface area contributed by atoms with E-state index >= 15 is 0 Å². The number of halogens is 1. The lowest BCUT2D eigenvalue weighted by Crippen LogP contribution is -2.53. The lowest BCUT2D eigenvalue weighted by molar-refractivity contribution is -0.133. The number of hydrogen-bond donors (Lipinski definition) is 0. The molecule has 7 atom stereocenters. The maximum Gasteiger partial charge on any atom is 0.178 e. The van der Waals surface area contributed by atoms with Crippen molar-refractivity contribution in [3.05, 3.63) is 35.5 Å². The summed E-state index contributed by atoms with van der Waals surface area (Å²) in [7, 11) is 0. The first-order valence-electron chi connectivity index (χ1n) is 9.44. The largest absolute Gasteiger partial charge is 0.296 e. The summed E-state index contributed by atoms with van der Waals surface area (Å²) >= 11 is 0. The fourth-order valence-electron chi connectivity index (χ4n) is 6.57. The molecule has 0 aliphatic heterocycles. The van der Waals surface area contributed by atoms with Crippen LogP contribution in [-0.2, 0) is 9.59 Å². The van der Waals surface area contributed by atoms with Gasteiger partial charge in [-0.05, 0) is 67.6 Å². The third-order valence-corrected chi connectivity index (χ3v) is 8.24. The van der Waals surface area contributed by atoms with Crippen molar-refractivity contribution in [3.63, 3.8) is 0 Å². The number of Topliss-reactive ketones (excluding diaryl/α,β-unsaturated/α-hetero) is 1. The summed E-state index contributed by atoms with van der Waals surface area (Å²) < 4.78 is 14.4. The number of carbonyl (C=O) groups excluding carboxylic acids is 2. The summed E-state index contributed by atoms with van der Waals surface area (Å²) in [5.41, 5.74) is 2.62. The van der Waals surface area contributed by atoms with Crippen LogP contribution in [0.5, 0.6) is 0 Å². The normalized spacial score (nSPS) is 49.2. The number of ketones is 2. The lowest BCUT2D eigenvalue weighted by atomic mass is 9.44. The van der Waals surface area contributed by atoms with E-state index in [9.17, 15) is 14.0 Å². The van der Waals surface area contributed by atoms with Crippen molar-refractivity contribution in [2.24, 2.45) is 34.5 Å². The number of fused-ring (bicyclic) bond motifs is 5. The zero-order chi connectivity index (χ0) is 18.3. The molecule has 25 heavy (non-hydrogen) atoms. The second kappa shape index (κ2) is 5.02. The van der Waals surface area contributed by atoms with Crippen molar-refractivity contribution in [2.75, 3.05) is 0 Å². The summed E-state index contributed by atoms with van der Waals surface area (Å²) in [4.78, 5) is 24.6. The van der Waals surface area contributed by atoms with Crippen molar-refractivity contribution in [3.8, 4) is 0 Å². The van der Waals surface area contributed by atoms with Crippen LogP contribution in [0.1, 0.15) is 47.0 Å². The highest BCUT2D eigenvalue weighted by atomic mass is 19.1. The first kappa shape index (κ1) is 16.9. The summed E-state index contributed by atoms with van der Waals surface area (Å²) in [6.07, 6.45) is 4.18. The Kier molecular flexibility index (Phi) is 3.40. The molecule has 0 saturated heterocycles. The van der Waals surface area contributed by atoms with E-state index in [1.165, 1.54) is 0 Å². The van der Waals surface area contributed by atoms with Gasteiger partial charge >= 0.3 is 0 Å². The quantitative estimate of drug-likeness (QED) is 0.602. The van der Waals surface area contributed by atoms with E-state index in [2.05, 4.69) is 20.4 Å². The number of alkyl halides is 1. The van der Waals surface area contributed by atoms with Crippen molar-refractivity contribution in [2.45, 2.75) is 53.1 Å². The molecule has 3 saturated carbocycles. The second-order valence-corrected chi connectivity index (χ2v) is 9.09. The molecule has 0 aromatic heterocycles. The Balaban J connectivity index is 1.86. The van der Waals surface area contributed by atoms with Crippen LogP contribution in [-0.4, -0.2) is 17.7 Å². The summed E-state index contributed by atoms with van der Waals surface area (Å²) in [5.74, 6) is 0.431. The smallest absolute Gasteiger partial charge is 0.178 e. The van der Waals surface area contributed by atoms with Crippen LogP contribution in [0.15, 0.2) is 35.5 Å². The van der Waals surface area contributed by atoms with Gasteiger partial charge in [0.1, 0.15) is 0 Å². The average molecular weight is 342 g/mol. The van der Waals surface area contributed by atoms with Gasteiger partial charge in [-0.1, -0.05) is 38.5 Å². The molecule has 0 amide bonds. The first-order valence-corrected chi connectivity index (χ1v) is 9.44. The van der Waals surface area contributed by atoms with Crippen LogP contribution < -0.4 is 0 Å². The standard InChI is InChI=1S/C22H27FO2/c1-11-8-14(24)9-16-12(2)13(3)19-15(22(11,16)5)6-7-21(4)17(19)10-18(23)20(21)25/h8-9,12,15,17-19H,3,6-7,10H2,1-2,4-5H3/t12-,15-,17-,18+,19+,21-,22+/m0/s1. The highest BCUT2D eigenvalue weighted by Crippen LogP contribution is 2.67. The minimum atomic E-state index is -1.33. The molecule has 3 fully saturated rings. The molecule has 0 aromatic rings. The van der Waals surface area contributed by atoms with Gasteiger partial charge in [0.15, 0.2) is 17.7 Å². The van der Waals surface area contributed by atoms with Crippen molar-refractivity contribution in [1.29, 1.82) is 0 Å². The van der Waals surface area contributed by atoms with E-state index in [1.54, 1.807) is 12.2 Å². The van der Waals surface area contributed by atoms with Crippen LogP contribution in [0.4, 0.5) is 4.39 Å². The molecular formula is C22H27FO2. The third-order valence-electron chi connectivity index (χ3n) is 8.24. The highest BCUT2D eigenvalue weighted by Gasteiger charge is 2.63. The van der Waals surface area contributed by atoms with Crippen LogP contribution in [0.2, 0.25) is 0 Å². The van der Waals surface area contributed by atoms with E-state index in [0.29, 0.717) is 12.3 Å². The zero-order valence-electron chi connectivity index (χ0n) is 15.6. The topological polar surface area (TPSA) is 34.1 Å². The van der Waals surface area contributed by atoms with E-state index in [4.69, 9.17) is 0 Å².